The Morgan fingerprint density at radius 3 is 2.79 bits per heavy atom. The van der Waals surface area contributed by atoms with E-state index in [1.807, 2.05) is 0 Å². The van der Waals surface area contributed by atoms with Crippen molar-refractivity contribution in [2.75, 3.05) is 36.9 Å². The average molecular weight is 280 g/mol. The van der Waals surface area contributed by atoms with E-state index in [1.165, 1.54) is 17.4 Å². The van der Waals surface area contributed by atoms with Gasteiger partial charge >= 0.3 is 0 Å². The molecule has 0 saturated carbocycles. The lowest BCUT2D eigenvalue weighted by molar-refractivity contribution is 0.122. The van der Waals surface area contributed by atoms with Crippen LogP contribution in [0, 0.1) is 5.82 Å². The predicted molar refractivity (Wildman–Crippen MR) is 72.7 cm³/mol. The van der Waals surface area contributed by atoms with Crippen LogP contribution in [-0.4, -0.2) is 36.3 Å². The van der Waals surface area contributed by atoms with E-state index in [0.717, 1.165) is 18.8 Å². The van der Waals surface area contributed by atoms with E-state index in [1.54, 1.807) is 11.6 Å². The van der Waals surface area contributed by atoms with Gasteiger partial charge in [-0.3, -0.25) is 0 Å². The van der Waals surface area contributed by atoms with Gasteiger partial charge < -0.3 is 15.4 Å². The molecule has 5 nitrogen and oxygen atoms in total. The van der Waals surface area contributed by atoms with Crippen LogP contribution in [0.2, 0.25) is 0 Å². The Hall–Kier alpha value is -1.73. The van der Waals surface area contributed by atoms with Gasteiger partial charge in [0, 0.05) is 24.5 Å². The monoisotopic (exact) mass is 280 g/mol. The molecule has 3 rings (SSSR count). The Bertz CT molecular complexity index is 583. The van der Waals surface area contributed by atoms with E-state index < -0.39 is 0 Å². The van der Waals surface area contributed by atoms with Crippen molar-refractivity contribution in [1.29, 1.82) is 0 Å². The minimum absolute atomic E-state index is 0.241. The van der Waals surface area contributed by atoms with Gasteiger partial charge in [0.25, 0.3) is 0 Å². The van der Waals surface area contributed by atoms with E-state index in [-0.39, 0.29) is 11.5 Å². The largest absolute Gasteiger partial charge is 0.378 e. The molecule has 1 fully saturated rings. The van der Waals surface area contributed by atoms with Gasteiger partial charge in [0.05, 0.1) is 25.1 Å². The summed E-state index contributed by atoms with van der Waals surface area (Å²) in [7, 11) is 0. The second kappa shape index (κ2) is 5.10. The zero-order chi connectivity index (χ0) is 13.2. The second-order valence-corrected chi connectivity index (χ2v) is 5.08. The lowest BCUT2D eigenvalue weighted by Crippen LogP contribution is -2.36. The number of aromatic nitrogens is 2. The van der Waals surface area contributed by atoms with E-state index in [9.17, 15) is 4.39 Å². The summed E-state index contributed by atoms with van der Waals surface area (Å²) in [6, 6.07) is 1.49. The lowest BCUT2D eigenvalue weighted by atomic mass is 10.2. The first-order valence-corrected chi connectivity index (χ1v) is 6.81. The number of halogens is 1. The van der Waals surface area contributed by atoms with Crippen LogP contribution in [0.3, 0.4) is 0 Å². The van der Waals surface area contributed by atoms with Crippen molar-refractivity contribution < 1.29 is 9.13 Å². The maximum atomic E-state index is 14.1. The molecular formula is C12H13FN4OS. The molecule has 1 aliphatic heterocycles. The SMILES string of the molecule is Nc1nc(-c2ncc(N3CCOCC3)cc2F)cs1. The molecule has 0 aromatic carbocycles. The highest BCUT2D eigenvalue weighted by Gasteiger charge is 2.16. The van der Waals surface area contributed by atoms with Crippen molar-refractivity contribution in [2.45, 2.75) is 0 Å². The Labute approximate surface area is 113 Å². The van der Waals surface area contributed by atoms with Crippen molar-refractivity contribution in [3.05, 3.63) is 23.5 Å². The summed E-state index contributed by atoms with van der Waals surface area (Å²) in [6.07, 6.45) is 1.67. The molecule has 0 aliphatic carbocycles. The first kappa shape index (κ1) is 12.3. The molecule has 0 atom stereocenters. The molecule has 2 N–H and O–H groups in total. The van der Waals surface area contributed by atoms with Gasteiger partial charge in [-0.1, -0.05) is 0 Å². The van der Waals surface area contributed by atoms with Gasteiger partial charge in [0.1, 0.15) is 11.4 Å². The van der Waals surface area contributed by atoms with Crippen molar-refractivity contribution in [1.82, 2.24) is 9.97 Å². The fourth-order valence-electron chi connectivity index (χ4n) is 2.01. The summed E-state index contributed by atoms with van der Waals surface area (Å²) in [5, 5.41) is 2.11. The number of nitrogens with two attached hydrogens (primary N) is 1. The third-order valence-electron chi connectivity index (χ3n) is 2.97. The third kappa shape index (κ3) is 2.52. The van der Waals surface area contributed by atoms with E-state index >= 15 is 0 Å². The topological polar surface area (TPSA) is 64.3 Å². The van der Waals surface area contributed by atoms with Crippen LogP contribution in [0.1, 0.15) is 0 Å². The van der Waals surface area contributed by atoms with Crippen molar-refractivity contribution in [3.63, 3.8) is 0 Å². The Kier molecular flexibility index (Phi) is 3.31. The molecule has 0 bridgehead atoms. The minimum atomic E-state index is -0.380. The zero-order valence-corrected chi connectivity index (χ0v) is 11.0. The first-order valence-electron chi connectivity index (χ1n) is 5.93. The molecule has 7 heteroatoms. The van der Waals surface area contributed by atoms with E-state index in [2.05, 4.69) is 14.9 Å². The fourth-order valence-corrected chi connectivity index (χ4v) is 2.55. The highest BCUT2D eigenvalue weighted by Crippen LogP contribution is 2.26. The van der Waals surface area contributed by atoms with Gasteiger partial charge in [-0.25, -0.2) is 14.4 Å². The molecule has 1 saturated heterocycles. The molecule has 0 amide bonds. The Morgan fingerprint density at radius 1 is 1.37 bits per heavy atom. The normalized spacial score (nSPS) is 15.7. The lowest BCUT2D eigenvalue weighted by Gasteiger charge is -2.28. The molecule has 0 unspecified atom stereocenters. The first-order chi connectivity index (χ1) is 9.24. The molecule has 1 aliphatic rings. The van der Waals surface area contributed by atoms with Crippen LogP contribution in [0.5, 0.6) is 0 Å². The number of hydrogen-bond acceptors (Lipinski definition) is 6. The molecule has 2 aromatic rings. The number of rotatable bonds is 2. The van der Waals surface area contributed by atoms with Crippen molar-refractivity contribution >= 4 is 22.2 Å². The number of anilines is 2. The number of ether oxygens (including phenoxy) is 1. The van der Waals surface area contributed by atoms with E-state index in [4.69, 9.17) is 10.5 Å². The average Bonchev–Trinajstić information content (AvgIpc) is 2.86. The maximum Gasteiger partial charge on any atom is 0.180 e. The second-order valence-electron chi connectivity index (χ2n) is 4.19. The Morgan fingerprint density at radius 2 is 2.16 bits per heavy atom. The van der Waals surface area contributed by atoms with Gasteiger partial charge in [0.2, 0.25) is 0 Å². The van der Waals surface area contributed by atoms with Crippen LogP contribution in [0.25, 0.3) is 11.4 Å². The van der Waals surface area contributed by atoms with E-state index in [0.29, 0.717) is 24.0 Å². The zero-order valence-electron chi connectivity index (χ0n) is 10.2. The molecular weight excluding hydrogens is 267 g/mol. The summed E-state index contributed by atoms with van der Waals surface area (Å²) in [6.45, 7) is 2.83. The van der Waals surface area contributed by atoms with Crippen LogP contribution in [0.15, 0.2) is 17.6 Å². The highest BCUT2D eigenvalue weighted by molar-refractivity contribution is 7.13. The van der Waals surface area contributed by atoms with Crippen molar-refractivity contribution in [3.8, 4) is 11.4 Å². The van der Waals surface area contributed by atoms with Gasteiger partial charge in [-0.2, -0.15) is 0 Å². The predicted octanol–water partition coefficient (Wildman–Crippen LogP) is 1.76. The number of morpholine rings is 1. The Balaban J connectivity index is 1.89. The number of nitrogens with zero attached hydrogens (tertiary/aromatic N) is 3. The van der Waals surface area contributed by atoms with Gasteiger partial charge in [-0.05, 0) is 0 Å². The summed E-state index contributed by atoms with van der Waals surface area (Å²) >= 11 is 1.27. The molecule has 19 heavy (non-hydrogen) atoms. The van der Waals surface area contributed by atoms with Crippen molar-refractivity contribution in [2.24, 2.45) is 0 Å². The minimum Gasteiger partial charge on any atom is -0.378 e. The fraction of sp³-hybridized carbons (Fsp3) is 0.333. The number of pyridine rings is 1. The summed E-state index contributed by atoms with van der Waals surface area (Å²) < 4.78 is 19.4. The van der Waals surface area contributed by atoms with Gasteiger partial charge in [0.15, 0.2) is 10.9 Å². The van der Waals surface area contributed by atoms with Crippen LogP contribution in [0.4, 0.5) is 15.2 Å². The standard InChI is InChI=1S/C12H13FN4OS/c13-9-5-8(17-1-3-18-4-2-17)6-15-11(9)10-7-19-12(14)16-10/h5-7H,1-4H2,(H2,14,16). The summed E-state index contributed by atoms with van der Waals surface area (Å²) in [5.74, 6) is -0.380. The molecule has 3 heterocycles. The smallest absolute Gasteiger partial charge is 0.180 e. The molecule has 100 valence electrons. The highest BCUT2D eigenvalue weighted by atomic mass is 32.1. The van der Waals surface area contributed by atoms with Crippen LogP contribution >= 0.6 is 11.3 Å². The molecule has 2 aromatic heterocycles. The molecule has 0 radical (unpaired) electrons. The number of thiazole rings is 1. The third-order valence-corrected chi connectivity index (χ3v) is 3.64. The summed E-state index contributed by atoms with van der Waals surface area (Å²) in [4.78, 5) is 10.3. The summed E-state index contributed by atoms with van der Waals surface area (Å²) in [5.41, 5.74) is 7.04. The van der Waals surface area contributed by atoms with Crippen LogP contribution in [-0.2, 0) is 4.74 Å². The van der Waals surface area contributed by atoms with Gasteiger partial charge in [-0.15, -0.1) is 11.3 Å². The van der Waals surface area contributed by atoms with Crippen LogP contribution < -0.4 is 10.6 Å². The maximum absolute atomic E-state index is 14.1. The molecule has 0 spiro atoms. The quantitative estimate of drug-likeness (QED) is 0.908. The number of nitrogen functional groups attached to an aromatic ring is 1. The number of hydrogen-bond donors (Lipinski definition) is 1.